The van der Waals surface area contributed by atoms with Gasteiger partial charge in [-0.1, -0.05) is 30.3 Å². The zero-order valence-corrected chi connectivity index (χ0v) is 14.0. The normalized spacial score (nSPS) is 13.8. The fourth-order valence-electron chi connectivity index (χ4n) is 2.60. The van der Waals surface area contributed by atoms with E-state index in [-0.39, 0.29) is 25.5 Å². The Hall–Kier alpha value is -2.54. The van der Waals surface area contributed by atoms with Crippen molar-refractivity contribution in [2.45, 2.75) is 6.42 Å². The number of anilines is 2. The van der Waals surface area contributed by atoms with Crippen molar-refractivity contribution in [3.8, 4) is 5.75 Å². The molecule has 0 saturated carbocycles. The molecule has 2 aromatic rings. The molecule has 1 aliphatic heterocycles. The number of carbonyl (C=O) groups excluding carboxylic acids is 1. The van der Waals surface area contributed by atoms with E-state index >= 15 is 0 Å². The molecule has 0 aliphatic carbocycles. The maximum atomic E-state index is 12.1. The van der Waals surface area contributed by atoms with Crippen molar-refractivity contribution in [2.24, 2.45) is 0 Å². The SMILES string of the molecule is CS(=O)(=O)N1CCOc2cc(NC(=O)Cc3ccccc3)ccc21. The predicted octanol–water partition coefficient (Wildman–Crippen LogP) is 2.03. The van der Waals surface area contributed by atoms with Gasteiger partial charge in [0, 0.05) is 11.8 Å². The monoisotopic (exact) mass is 346 g/mol. The number of carbonyl (C=O) groups is 1. The molecule has 2 aromatic carbocycles. The summed E-state index contributed by atoms with van der Waals surface area (Å²) in [5.74, 6) is 0.307. The van der Waals surface area contributed by atoms with Crippen molar-refractivity contribution in [2.75, 3.05) is 29.0 Å². The summed E-state index contributed by atoms with van der Waals surface area (Å²) in [6, 6.07) is 14.4. The van der Waals surface area contributed by atoms with E-state index in [0.29, 0.717) is 17.1 Å². The van der Waals surface area contributed by atoms with Crippen LogP contribution >= 0.6 is 0 Å². The third kappa shape index (κ3) is 3.68. The molecular formula is C17H18N2O4S. The second-order valence-corrected chi connectivity index (χ2v) is 7.48. The van der Waals surface area contributed by atoms with Crippen molar-refractivity contribution >= 4 is 27.3 Å². The Kier molecular flexibility index (Phi) is 4.44. The lowest BCUT2D eigenvalue weighted by Crippen LogP contribution is -2.37. The third-order valence-electron chi connectivity index (χ3n) is 3.67. The molecule has 1 N–H and O–H groups in total. The van der Waals surface area contributed by atoms with Crippen LogP contribution in [0.3, 0.4) is 0 Å². The zero-order chi connectivity index (χ0) is 17.2. The van der Waals surface area contributed by atoms with Crippen LogP contribution in [0.2, 0.25) is 0 Å². The summed E-state index contributed by atoms with van der Waals surface area (Å²) in [6.07, 6.45) is 1.44. The molecular weight excluding hydrogens is 328 g/mol. The molecule has 0 bridgehead atoms. The Bertz CT molecular complexity index is 850. The van der Waals surface area contributed by atoms with Crippen LogP contribution in [0.5, 0.6) is 5.75 Å². The van der Waals surface area contributed by atoms with Crippen LogP contribution in [0.15, 0.2) is 48.5 Å². The van der Waals surface area contributed by atoms with Crippen molar-refractivity contribution in [1.82, 2.24) is 0 Å². The summed E-state index contributed by atoms with van der Waals surface area (Å²) in [7, 11) is -3.35. The van der Waals surface area contributed by atoms with Crippen molar-refractivity contribution in [3.63, 3.8) is 0 Å². The number of amides is 1. The number of hydrogen-bond acceptors (Lipinski definition) is 4. The van der Waals surface area contributed by atoms with Crippen LogP contribution in [-0.2, 0) is 21.2 Å². The highest BCUT2D eigenvalue weighted by atomic mass is 32.2. The molecule has 1 aliphatic rings. The van der Waals surface area contributed by atoms with E-state index in [2.05, 4.69) is 5.32 Å². The molecule has 0 atom stereocenters. The topological polar surface area (TPSA) is 75.7 Å². The van der Waals surface area contributed by atoms with Crippen LogP contribution in [0.25, 0.3) is 0 Å². The fraction of sp³-hybridized carbons (Fsp3) is 0.235. The number of hydrogen-bond donors (Lipinski definition) is 1. The highest BCUT2D eigenvalue weighted by molar-refractivity contribution is 7.92. The lowest BCUT2D eigenvalue weighted by Gasteiger charge is -2.29. The first kappa shape index (κ1) is 16.3. The molecule has 3 rings (SSSR count). The van der Waals surface area contributed by atoms with Crippen LogP contribution in [-0.4, -0.2) is 33.7 Å². The lowest BCUT2D eigenvalue weighted by atomic mass is 10.1. The maximum Gasteiger partial charge on any atom is 0.232 e. The Morgan fingerprint density at radius 1 is 1.21 bits per heavy atom. The number of benzene rings is 2. The molecule has 0 aromatic heterocycles. The molecule has 0 radical (unpaired) electrons. The average Bonchev–Trinajstić information content (AvgIpc) is 2.54. The van der Waals surface area contributed by atoms with E-state index in [1.54, 1.807) is 18.2 Å². The number of nitrogens with zero attached hydrogens (tertiary/aromatic N) is 1. The van der Waals surface area contributed by atoms with Gasteiger partial charge in [0.2, 0.25) is 15.9 Å². The van der Waals surface area contributed by atoms with Crippen molar-refractivity contribution < 1.29 is 17.9 Å². The largest absolute Gasteiger partial charge is 0.489 e. The summed E-state index contributed by atoms with van der Waals surface area (Å²) < 4.78 is 30.5. The van der Waals surface area contributed by atoms with Gasteiger partial charge in [-0.15, -0.1) is 0 Å². The molecule has 0 unspecified atom stereocenters. The highest BCUT2D eigenvalue weighted by Gasteiger charge is 2.25. The van der Waals surface area contributed by atoms with E-state index in [9.17, 15) is 13.2 Å². The molecule has 1 amide bonds. The van der Waals surface area contributed by atoms with Crippen molar-refractivity contribution in [3.05, 3.63) is 54.1 Å². The van der Waals surface area contributed by atoms with E-state index in [4.69, 9.17) is 4.74 Å². The summed E-state index contributed by atoms with van der Waals surface area (Å²) in [5, 5.41) is 2.81. The number of ether oxygens (including phenoxy) is 1. The molecule has 0 spiro atoms. The van der Waals surface area contributed by atoms with Gasteiger partial charge in [0.15, 0.2) is 0 Å². The molecule has 1 heterocycles. The first-order valence-corrected chi connectivity index (χ1v) is 9.37. The first-order chi connectivity index (χ1) is 11.4. The van der Waals surface area contributed by atoms with E-state index in [1.165, 1.54) is 4.31 Å². The molecule has 6 nitrogen and oxygen atoms in total. The van der Waals surface area contributed by atoms with Gasteiger partial charge in [0.1, 0.15) is 12.4 Å². The van der Waals surface area contributed by atoms with Gasteiger partial charge in [-0.2, -0.15) is 0 Å². The fourth-order valence-corrected chi connectivity index (χ4v) is 3.52. The van der Waals surface area contributed by atoms with Crippen LogP contribution < -0.4 is 14.4 Å². The van der Waals surface area contributed by atoms with Gasteiger partial charge in [0.25, 0.3) is 0 Å². The molecule has 24 heavy (non-hydrogen) atoms. The standard InChI is InChI=1S/C17H18N2O4S/c1-24(21,22)19-9-10-23-16-12-14(7-8-15(16)19)18-17(20)11-13-5-3-2-4-6-13/h2-8,12H,9-11H2,1H3,(H,18,20). The second-order valence-electron chi connectivity index (χ2n) is 5.58. The van der Waals surface area contributed by atoms with Gasteiger partial charge in [0.05, 0.1) is 24.9 Å². The van der Waals surface area contributed by atoms with Crippen molar-refractivity contribution in [1.29, 1.82) is 0 Å². The Morgan fingerprint density at radius 2 is 1.96 bits per heavy atom. The zero-order valence-electron chi connectivity index (χ0n) is 13.2. The minimum atomic E-state index is -3.35. The third-order valence-corrected chi connectivity index (χ3v) is 4.85. The van der Waals surface area contributed by atoms with Crippen LogP contribution in [0, 0.1) is 0 Å². The average molecular weight is 346 g/mol. The molecule has 0 saturated heterocycles. The van der Waals surface area contributed by atoms with E-state index in [0.717, 1.165) is 11.8 Å². The summed E-state index contributed by atoms with van der Waals surface area (Å²) >= 11 is 0. The Labute approximate surface area is 141 Å². The summed E-state index contributed by atoms with van der Waals surface area (Å²) in [6.45, 7) is 0.563. The van der Waals surface area contributed by atoms with Gasteiger partial charge in [-0.25, -0.2) is 8.42 Å². The number of rotatable bonds is 4. The van der Waals surface area contributed by atoms with Crippen LogP contribution in [0.4, 0.5) is 11.4 Å². The van der Waals surface area contributed by atoms with Gasteiger partial charge in [-0.3, -0.25) is 9.10 Å². The lowest BCUT2D eigenvalue weighted by molar-refractivity contribution is -0.115. The second kappa shape index (κ2) is 6.52. The minimum absolute atomic E-state index is 0.142. The minimum Gasteiger partial charge on any atom is -0.489 e. The summed E-state index contributed by atoms with van der Waals surface area (Å²) in [4.78, 5) is 12.1. The smallest absolute Gasteiger partial charge is 0.232 e. The molecule has 126 valence electrons. The Balaban J connectivity index is 1.76. The first-order valence-electron chi connectivity index (χ1n) is 7.52. The van der Waals surface area contributed by atoms with Crippen LogP contribution in [0.1, 0.15) is 5.56 Å². The predicted molar refractivity (Wildman–Crippen MR) is 92.9 cm³/mol. The number of nitrogens with one attached hydrogen (secondary N) is 1. The van der Waals surface area contributed by atoms with Gasteiger partial charge >= 0.3 is 0 Å². The van der Waals surface area contributed by atoms with Gasteiger partial charge < -0.3 is 10.1 Å². The Morgan fingerprint density at radius 3 is 2.67 bits per heavy atom. The molecule has 0 fully saturated rings. The number of fused-ring (bicyclic) bond motifs is 1. The van der Waals surface area contributed by atoms with E-state index < -0.39 is 10.0 Å². The van der Waals surface area contributed by atoms with Gasteiger partial charge in [-0.05, 0) is 17.7 Å². The highest BCUT2D eigenvalue weighted by Crippen LogP contribution is 2.35. The quantitative estimate of drug-likeness (QED) is 0.919. The maximum absolute atomic E-state index is 12.1. The molecule has 7 heteroatoms. The van der Waals surface area contributed by atoms with E-state index in [1.807, 2.05) is 30.3 Å². The number of sulfonamides is 1. The summed E-state index contributed by atoms with van der Waals surface area (Å²) in [5.41, 5.74) is 1.99.